The van der Waals surface area contributed by atoms with Gasteiger partial charge in [0.1, 0.15) is 5.82 Å². The molecule has 2 aromatic carbocycles. The fourth-order valence-corrected chi connectivity index (χ4v) is 3.33. The van der Waals surface area contributed by atoms with Crippen LogP contribution in [-0.4, -0.2) is 16.2 Å². The molecule has 0 amide bonds. The quantitative estimate of drug-likeness (QED) is 0.324. The van der Waals surface area contributed by atoms with Crippen molar-refractivity contribution in [1.82, 2.24) is 10.2 Å². The molecule has 0 atom stereocenters. The van der Waals surface area contributed by atoms with Crippen LogP contribution in [0.5, 0.6) is 0 Å². The van der Waals surface area contributed by atoms with Crippen molar-refractivity contribution in [1.29, 1.82) is 0 Å². The third-order valence-electron chi connectivity index (χ3n) is 4.00. The van der Waals surface area contributed by atoms with Crippen LogP contribution in [0.25, 0.3) is 23.1 Å². The summed E-state index contributed by atoms with van der Waals surface area (Å²) in [6.07, 6.45) is 1.66. The number of hydrogen-bond acceptors (Lipinski definition) is 6. The molecule has 0 unspecified atom stereocenters. The Kier molecular flexibility index (Phi) is 5.58. The highest BCUT2D eigenvalue weighted by Gasteiger charge is 2.17. The zero-order valence-electron chi connectivity index (χ0n) is 15.1. The van der Waals surface area contributed by atoms with Gasteiger partial charge in [-0.2, -0.15) is 0 Å². The summed E-state index contributed by atoms with van der Waals surface area (Å²) in [7, 11) is 0. The summed E-state index contributed by atoms with van der Waals surface area (Å²) in [5, 5.41) is 9.77. The molecule has 0 saturated carbocycles. The van der Waals surface area contributed by atoms with Crippen LogP contribution in [0, 0.1) is 5.82 Å². The Bertz CT molecular complexity index is 1120. The lowest BCUT2D eigenvalue weighted by atomic mass is 10.1. The molecule has 7 heteroatoms. The Hall–Kier alpha value is -3.58. The predicted octanol–water partition coefficient (Wildman–Crippen LogP) is 5.22. The number of nitrogens with zero attached hydrogens (tertiary/aromatic N) is 2. The van der Waals surface area contributed by atoms with Crippen molar-refractivity contribution in [2.75, 3.05) is 0 Å². The van der Waals surface area contributed by atoms with Gasteiger partial charge in [0.15, 0.2) is 6.61 Å². The van der Waals surface area contributed by atoms with Crippen molar-refractivity contribution in [3.05, 3.63) is 94.3 Å². The molecule has 0 N–H and O–H groups in total. The average Bonchev–Trinajstić information content (AvgIpc) is 3.44. The Labute approximate surface area is 170 Å². The SMILES string of the molecule is O=C(OCc1nnc(-c2ccccc2)o1)C(=Cc1ccc(F)cc1)c1cccs1. The second-order valence-corrected chi connectivity index (χ2v) is 6.98. The highest BCUT2D eigenvalue weighted by atomic mass is 32.1. The van der Waals surface area contributed by atoms with Gasteiger partial charge in [-0.15, -0.1) is 21.5 Å². The van der Waals surface area contributed by atoms with Crippen LogP contribution in [0.3, 0.4) is 0 Å². The van der Waals surface area contributed by atoms with Gasteiger partial charge in [0, 0.05) is 10.4 Å². The lowest BCUT2D eigenvalue weighted by molar-refractivity contribution is -0.138. The van der Waals surface area contributed by atoms with E-state index in [1.165, 1.54) is 23.5 Å². The third-order valence-corrected chi connectivity index (χ3v) is 4.91. The third kappa shape index (κ3) is 4.64. The first-order chi connectivity index (χ1) is 14.2. The van der Waals surface area contributed by atoms with E-state index >= 15 is 0 Å². The number of aromatic nitrogens is 2. The van der Waals surface area contributed by atoms with E-state index in [9.17, 15) is 9.18 Å². The number of rotatable bonds is 6. The zero-order chi connectivity index (χ0) is 20.1. The minimum Gasteiger partial charge on any atom is -0.452 e. The largest absolute Gasteiger partial charge is 0.452 e. The summed E-state index contributed by atoms with van der Waals surface area (Å²) in [5.74, 6) is -0.314. The number of carbonyl (C=O) groups is 1. The fraction of sp³-hybridized carbons (Fsp3) is 0.0455. The summed E-state index contributed by atoms with van der Waals surface area (Å²) in [6, 6.07) is 18.9. The van der Waals surface area contributed by atoms with Crippen molar-refractivity contribution in [3.63, 3.8) is 0 Å². The van der Waals surface area contributed by atoms with Crippen LogP contribution in [-0.2, 0) is 16.1 Å². The molecule has 144 valence electrons. The lowest BCUT2D eigenvalue weighted by Crippen LogP contribution is -2.07. The molecule has 0 aliphatic rings. The normalized spacial score (nSPS) is 11.4. The van der Waals surface area contributed by atoms with Gasteiger partial charge in [0.25, 0.3) is 5.89 Å². The summed E-state index contributed by atoms with van der Waals surface area (Å²) in [5.41, 5.74) is 1.85. The zero-order valence-corrected chi connectivity index (χ0v) is 15.9. The van der Waals surface area contributed by atoms with Crippen LogP contribution in [0.1, 0.15) is 16.3 Å². The number of benzene rings is 2. The summed E-state index contributed by atoms with van der Waals surface area (Å²) < 4.78 is 24.1. The van der Waals surface area contributed by atoms with E-state index in [1.807, 2.05) is 47.8 Å². The number of halogens is 1. The Balaban J connectivity index is 1.50. The molecule has 0 saturated heterocycles. The number of hydrogen-bond donors (Lipinski definition) is 0. The molecule has 0 aliphatic heterocycles. The fourth-order valence-electron chi connectivity index (χ4n) is 2.60. The standard InChI is InChI=1S/C22H15FN2O3S/c23-17-10-8-15(9-11-17)13-18(19-7-4-12-29-19)22(26)27-14-20-24-25-21(28-20)16-5-2-1-3-6-16/h1-13H,14H2. The number of thiophene rings is 1. The highest BCUT2D eigenvalue weighted by molar-refractivity contribution is 7.11. The summed E-state index contributed by atoms with van der Waals surface area (Å²) >= 11 is 1.41. The maximum absolute atomic E-state index is 13.2. The van der Waals surface area contributed by atoms with Gasteiger partial charge < -0.3 is 9.15 Å². The minimum absolute atomic E-state index is 0.148. The topological polar surface area (TPSA) is 65.2 Å². The van der Waals surface area contributed by atoms with Crippen LogP contribution in [0.15, 0.2) is 76.5 Å². The van der Waals surface area contributed by atoms with E-state index in [-0.39, 0.29) is 18.3 Å². The van der Waals surface area contributed by atoms with E-state index < -0.39 is 5.97 Å². The Morgan fingerprint density at radius 3 is 2.55 bits per heavy atom. The molecular weight excluding hydrogens is 391 g/mol. The molecule has 29 heavy (non-hydrogen) atoms. The number of carbonyl (C=O) groups excluding carboxylic acids is 1. The van der Waals surface area contributed by atoms with Gasteiger partial charge >= 0.3 is 5.97 Å². The molecule has 0 fully saturated rings. The van der Waals surface area contributed by atoms with Crippen molar-refractivity contribution in [2.45, 2.75) is 6.61 Å². The van der Waals surface area contributed by atoms with Crippen LogP contribution < -0.4 is 0 Å². The molecule has 4 rings (SSSR count). The van der Waals surface area contributed by atoms with Crippen molar-refractivity contribution < 1.29 is 18.3 Å². The first kappa shape index (κ1) is 18.8. The van der Waals surface area contributed by atoms with E-state index in [4.69, 9.17) is 9.15 Å². The molecule has 0 spiro atoms. The molecule has 0 radical (unpaired) electrons. The van der Waals surface area contributed by atoms with E-state index in [1.54, 1.807) is 18.2 Å². The Morgan fingerprint density at radius 1 is 1.03 bits per heavy atom. The maximum Gasteiger partial charge on any atom is 0.340 e. The maximum atomic E-state index is 13.2. The van der Waals surface area contributed by atoms with Crippen molar-refractivity contribution in [3.8, 4) is 11.5 Å². The van der Waals surface area contributed by atoms with Gasteiger partial charge in [-0.05, 0) is 47.4 Å². The van der Waals surface area contributed by atoms with E-state index in [0.29, 0.717) is 17.0 Å². The smallest absolute Gasteiger partial charge is 0.340 e. The minimum atomic E-state index is -0.531. The van der Waals surface area contributed by atoms with Gasteiger partial charge in [0.05, 0.1) is 5.57 Å². The van der Waals surface area contributed by atoms with Crippen molar-refractivity contribution >= 4 is 29.0 Å². The molecule has 2 heterocycles. The molecule has 2 aromatic heterocycles. The molecule has 0 bridgehead atoms. The van der Waals surface area contributed by atoms with Crippen LogP contribution in [0.2, 0.25) is 0 Å². The average molecular weight is 406 g/mol. The second-order valence-electron chi connectivity index (χ2n) is 6.03. The first-order valence-electron chi connectivity index (χ1n) is 8.75. The predicted molar refractivity (Wildman–Crippen MR) is 108 cm³/mol. The second kappa shape index (κ2) is 8.62. The van der Waals surface area contributed by atoms with Gasteiger partial charge in [0.2, 0.25) is 5.89 Å². The number of esters is 1. The summed E-state index contributed by atoms with van der Waals surface area (Å²) in [4.78, 5) is 13.5. The molecule has 5 nitrogen and oxygen atoms in total. The van der Waals surface area contributed by atoms with E-state index in [0.717, 1.165) is 10.4 Å². The van der Waals surface area contributed by atoms with Crippen LogP contribution >= 0.6 is 11.3 Å². The van der Waals surface area contributed by atoms with Gasteiger partial charge in [-0.25, -0.2) is 9.18 Å². The Morgan fingerprint density at radius 2 is 1.83 bits per heavy atom. The van der Waals surface area contributed by atoms with Gasteiger partial charge in [-0.1, -0.05) is 36.4 Å². The highest BCUT2D eigenvalue weighted by Crippen LogP contribution is 2.25. The molecule has 0 aliphatic carbocycles. The lowest BCUT2D eigenvalue weighted by Gasteiger charge is -2.06. The van der Waals surface area contributed by atoms with E-state index in [2.05, 4.69) is 10.2 Å². The van der Waals surface area contributed by atoms with Crippen LogP contribution in [0.4, 0.5) is 4.39 Å². The first-order valence-corrected chi connectivity index (χ1v) is 9.63. The summed E-state index contributed by atoms with van der Waals surface area (Å²) in [6.45, 7) is -0.148. The van der Waals surface area contributed by atoms with Crippen molar-refractivity contribution in [2.24, 2.45) is 0 Å². The molecule has 4 aromatic rings. The van der Waals surface area contributed by atoms with Gasteiger partial charge in [-0.3, -0.25) is 0 Å². The monoisotopic (exact) mass is 406 g/mol. The molecular formula is C22H15FN2O3S. The number of ether oxygens (including phenoxy) is 1.